The molecule has 11 nitrogen and oxygen atoms in total. The van der Waals surface area contributed by atoms with Gasteiger partial charge in [-0.1, -0.05) is 12.1 Å². The number of benzene rings is 1. The Morgan fingerprint density at radius 1 is 1.13 bits per heavy atom. The van der Waals surface area contributed by atoms with Gasteiger partial charge in [0, 0.05) is 37.4 Å². The minimum atomic E-state index is -1.84. The molecule has 2 unspecified atom stereocenters. The van der Waals surface area contributed by atoms with Gasteiger partial charge in [-0.05, 0) is 45.0 Å². The summed E-state index contributed by atoms with van der Waals surface area (Å²) in [6, 6.07) is 3.53. The van der Waals surface area contributed by atoms with Crippen molar-refractivity contribution in [2.24, 2.45) is 0 Å². The number of Topliss-reactive ketones (excluding diaryl/α,β-unsaturated/α-hetero) is 1. The molecule has 2 N–H and O–H groups in total. The fourth-order valence-corrected chi connectivity index (χ4v) is 6.75. The molecule has 4 aliphatic rings. The lowest BCUT2D eigenvalue weighted by Gasteiger charge is -2.61. The number of hydrogen-bond donors (Lipinski definition) is 2. The van der Waals surface area contributed by atoms with Gasteiger partial charge in [0.2, 0.25) is 12.2 Å². The number of likely N-dealkylation sites (N-methyl/N-ethyl adjacent to an activating group) is 1. The van der Waals surface area contributed by atoms with Crippen LogP contribution in [0.5, 0.6) is 5.75 Å². The zero-order valence-corrected chi connectivity index (χ0v) is 21.7. The van der Waals surface area contributed by atoms with Gasteiger partial charge >= 0.3 is 17.9 Å². The highest BCUT2D eigenvalue weighted by Gasteiger charge is 2.72. The number of nitrogens with zero attached hydrogens (tertiary/aromatic N) is 1. The Bertz CT molecular complexity index is 1260. The van der Waals surface area contributed by atoms with Gasteiger partial charge < -0.3 is 34.1 Å². The fourth-order valence-electron chi connectivity index (χ4n) is 6.75. The van der Waals surface area contributed by atoms with E-state index in [4.69, 9.17) is 18.9 Å². The van der Waals surface area contributed by atoms with Crippen LogP contribution >= 0.6 is 0 Å². The van der Waals surface area contributed by atoms with E-state index < -0.39 is 53.0 Å². The SMILES string of the molecule is CC(=O)O[C@H](C(C)=O)[C@H](OC(C)=O)C(=O)OC1=CC[C@@]2(O)[C@H]3Cc4ccc(CO)c5c4C2(CCN3C)C1O5. The molecule has 0 amide bonds. The molecule has 5 rings (SSSR count). The first-order valence-electron chi connectivity index (χ1n) is 12.6. The van der Waals surface area contributed by atoms with E-state index in [0.29, 0.717) is 30.7 Å². The Labute approximate surface area is 219 Å². The molecule has 2 bridgehead atoms. The molecule has 2 aliphatic carbocycles. The highest BCUT2D eigenvalue weighted by molar-refractivity contribution is 5.91. The number of rotatable bonds is 7. The van der Waals surface area contributed by atoms with Gasteiger partial charge in [-0.3, -0.25) is 14.4 Å². The molecule has 11 heteroatoms. The molecular formula is C27H31NO10. The van der Waals surface area contributed by atoms with Crippen LogP contribution in [0.25, 0.3) is 0 Å². The number of aliphatic hydroxyl groups is 2. The summed E-state index contributed by atoms with van der Waals surface area (Å²) < 4.78 is 22.2. The molecule has 2 aliphatic heterocycles. The monoisotopic (exact) mass is 529 g/mol. The standard InChI is InChI=1S/C27H31NO10/c1-13(30)21(35-14(2)31)23(36-15(3)32)25(33)37-18-7-8-27(34)19-11-16-5-6-17(12-29)22-20(16)26(27,24(18)38-22)9-10-28(19)4/h5-7,19,21,23-24,29,34H,8-12H2,1-4H3/t19-,21-,23+,24?,26?,27-/m1/s1. The van der Waals surface area contributed by atoms with E-state index in [2.05, 4.69) is 4.90 Å². The molecule has 0 aromatic heterocycles. The van der Waals surface area contributed by atoms with Gasteiger partial charge in [0.05, 0.1) is 17.6 Å². The first-order chi connectivity index (χ1) is 17.9. The zero-order chi connectivity index (χ0) is 27.6. The highest BCUT2D eigenvalue weighted by atomic mass is 16.6. The molecule has 1 aromatic carbocycles. The van der Waals surface area contributed by atoms with E-state index in [1.54, 1.807) is 12.1 Å². The maximum Gasteiger partial charge on any atom is 0.357 e. The van der Waals surface area contributed by atoms with Gasteiger partial charge in [0.25, 0.3) is 0 Å². The van der Waals surface area contributed by atoms with Crippen LogP contribution in [-0.4, -0.2) is 82.4 Å². The molecule has 0 radical (unpaired) electrons. The van der Waals surface area contributed by atoms with E-state index in [9.17, 15) is 29.4 Å². The Balaban J connectivity index is 1.56. The lowest BCUT2D eigenvalue weighted by Crippen LogP contribution is -2.74. The predicted molar refractivity (Wildman–Crippen MR) is 129 cm³/mol. The van der Waals surface area contributed by atoms with Crippen LogP contribution in [0.15, 0.2) is 24.0 Å². The quantitative estimate of drug-likeness (QED) is 0.375. The van der Waals surface area contributed by atoms with Crippen molar-refractivity contribution in [1.82, 2.24) is 4.90 Å². The fraction of sp³-hybridized carbons (Fsp3) is 0.556. The van der Waals surface area contributed by atoms with E-state index in [0.717, 1.165) is 31.9 Å². The van der Waals surface area contributed by atoms with Crippen molar-refractivity contribution in [3.63, 3.8) is 0 Å². The maximum atomic E-state index is 13.4. The van der Waals surface area contributed by atoms with Crippen LogP contribution in [0, 0.1) is 0 Å². The molecule has 0 saturated carbocycles. The van der Waals surface area contributed by atoms with Crippen LogP contribution < -0.4 is 4.74 Å². The second-order valence-electron chi connectivity index (χ2n) is 10.5. The Morgan fingerprint density at radius 3 is 2.45 bits per heavy atom. The molecule has 6 atom stereocenters. The van der Waals surface area contributed by atoms with Crippen LogP contribution in [0.2, 0.25) is 0 Å². The number of carbonyl (C=O) groups excluding carboxylic acids is 4. The third kappa shape index (κ3) is 3.67. The third-order valence-corrected chi connectivity index (χ3v) is 8.34. The Morgan fingerprint density at radius 2 is 1.82 bits per heavy atom. The number of aliphatic hydroxyl groups excluding tert-OH is 1. The second kappa shape index (κ2) is 9.18. The van der Waals surface area contributed by atoms with Crippen molar-refractivity contribution in [2.75, 3.05) is 13.6 Å². The van der Waals surface area contributed by atoms with E-state index in [1.807, 2.05) is 13.1 Å². The minimum absolute atomic E-state index is 0.0956. The number of carbonyl (C=O) groups is 4. The summed E-state index contributed by atoms with van der Waals surface area (Å²) in [6.45, 7) is 3.61. The molecule has 2 heterocycles. The third-order valence-electron chi connectivity index (χ3n) is 8.34. The van der Waals surface area contributed by atoms with Crippen LogP contribution in [0.4, 0.5) is 0 Å². The molecule has 1 saturated heterocycles. The van der Waals surface area contributed by atoms with Crippen LogP contribution in [-0.2, 0) is 51.8 Å². The van der Waals surface area contributed by atoms with Gasteiger partial charge in [-0.2, -0.15) is 0 Å². The maximum absolute atomic E-state index is 13.4. The summed E-state index contributed by atoms with van der Waals surface area (Å²) >= 11 is 0. The first-order valence-corrected chi connectivity index (χ1v) is 12.6. The summed E-state index contributed by atoms with van der Waals surface area (Å²) in [5.41, 5.74) is 0.192. The van der Waals surface area contributed by atoms with Crippen molar-refractivity contribution in [3.8, 4) is 5.75 Å². The lowest BCUT2D eigenvalue weighted by atomic mass is 9.50. The van der Waals surface area contributed by atoms with Gasteiger partial charge in [-0.15, -0.1) is 0 Å². The Hall–Kier alpha value is -3.28. The Kier molecular flexibility index (Phi) is 6.36. The van der Waals surface area contributed by atoms with Crippen molar-refractivity contribution >= 4 is 23.7 Å². The summed E-state index contributed by atoms with van der Waals surface area (Å²) in [5.74, 6) is -2.97. The van der Waals surface area contributed by atoms with Crippen LogP contribution in [0.1, 0.15) is 50.3 Å². The summed E-state index contributed by atoms with van der Waals surface area (Å²) in [4.78, 5) is 51.1. The van der Waals surface area contributed by atoms with Crippen molar-refractivity contribution < 1.29 is 48.3 Å². The first kappa shape index (κ1) is 26.3. The molecule has 1 aromatic rings. The topological polar surface area (TPSA) is 149 Å². The number of ether oxygens (including phenoxy) is 4. The van der Waals surface area contributed by atoms with E-state index in [1.165, 1.54) is 0 Å². The second-order valence-corrected chi connectivity index (χ2v) is 10.5. The van der Waals surface area contributed by atoms with Gasteiger partial charge in [-0.25, -0.2) is 4.79 Å². The number of ketones is 1. The molecule has 38 heavy (non-hydrogen) atoms. The smallest absolute Gasteiger partial charge is 0.357 e. The summed E-state index contributed by atoms with van der Waals surface area (Å²) in [5, 5.41) is 22.3. The average molecular weight is 530 g/mol. The predicted octanol–water partition coefficient (Wildman–Crippen LogP) is 0.452. The van der Waals surface area contributed by atoms with Crippen molar-refractivity contribution in [3.05, 3.63) is 40.7 Å². The number of piperidine rings is 1. The zero-order valence-electron chi connectivity index (χ0n) is 21.7. The van der Waals surface area contributed by atoms with Crippen LogP contribution in [0.3, 0.4) is 0 Å². The summed E-state index contributed by atoms with van der Waals surface area (Å²) in [7, 11) is 1.97. The van der Waals surface area contributed by atoms with E-state index >= 15 is 0 Å². The highest BCUT2D eigenvalue weighted by Crippen LogP contribution is 2.64. The molecule has 1 spiro atoms. The average Bonchev–Trinajstić information content (AvgIpc) is 3.20. The van der Waals surface area contributed by atoms with Crippen molar-refractivity contribution in [1.29, 1.82) is 0 Å². The number of likely N-dealkylation sites (tertiary alicyclic amines) is 1. The van der Waals surface area contributed by atoms with E-state index in [-0.39, 0.29) is 24.8 Å². The number of hydrogen-bond acceptors (Lipinski definition) is 11. The normalized spacial score (nSPS) is 30.2. The van der Waals surface area contributed by atoms with Gasteiger partial charge in [0.1, 0.15) is 11.5 Å². The lowest BCUT2D eigenvalue weighted by molar-refractivity contribution is -0.185. The van der Waals surface area contributed by atoms with Gasteiger partial charge in [0.15, 0.2) is 11.9 Å². The largest absolute Gasteiger partial charge is 0.481 e. The van der Waals surface area contributed by atoms with Crippen molar-refractivity contribution in [2.45, 2.75) is 82.0 Å². The minimum Gasteiger partial charge on any atom is -0.481 e. The number of esters is 3. The molecular weight excluding hydrogens is 498 g/mol. The molecule has 204 valence electrons. The molecule has 1 fully saturated rings. The summed E-state index contributed by atoms with van der Waals surface area (Å²) in [6.07, 6.45) is -1.60.